The second-order valence-electron chi connectivity index (χ2n) is 5.05. The molecule has 0 fully saturated rings. The summed E-state index contributed by atoms with van der Waals surface area (Å²) in [6, 6.07) is 13.8. The minimum absolute atomic E-state index is 0. The summed E-state index contributed by atoms with van der Waals surface area (Å²) in [6.45, 7) is 4.23. The topological polar surface area (TPSA) is 109 Å². The quantitative estimate of drug-likeness (QED) is 0.682. The standard InChI is InChI=1S/C11H12N2OS.C7H8S.2H2O/c1-8-9(5-7-14)13-11(15-8)10-4-2-3-6-12-10;1-6-2-4-7(8)5-3-6;;/h2-4,6,14H,5,7H2,1H3;2-5,8H,1H3;2*1H2. The van der Waals surface area contributed by atoms with Gasteiger partial charge in [0.05, 0.1) is 11.4 Å². The molecule has 5 nitrogen and oxygen atoms in total. The number of thiol groups is 1. The summed E-state index contributed by atoms with van der Waals surface area (Å²) in [5.74, 6) is 0. The predicted octanol–water partition coefficient (Wildman–Crippen LogP) is 2.68. The van der Waals surface area contributed by atoms with Crippen molar-refractivity contribution in [3.05, 3.63) is 64.8 Å². The van der Waals surface area contributed by atoms with Crippen LogP contribution < -0.4 is 0 Å². The Morgan fingerprint density at radius 1 is 1.04 bits per heavy atom. The van der Waals surface area contributed by atoms with Crippen LogP contribution in [0.3, 0.4) is 0 Å². The third-order valence-corrected chi connectivity index (χ3v) is 4.49. The number of aliphatic hydroxyl groups is 1. The minimum atomic E-state index is 0. The summed E-state index contributed by atoms with van der Waals surface area (Å²) in [5.41, 5.74) is 3.15. The van der Waals surface area contributed by atoms with Crippen molar-refractivity contribution in [3.8, 4) is 10.7 Å². The highest BCUT2D eigenvalue weighted by molar-refractivity contribution is 7.80. The second kappa shape index (κ2) is 11.7. The van der Waals surface area contributed by atoms with Gasteiger partial charge in [-0.15, -0.1) is 24.0 Å². The Bertz CT molecular complexity index is 711. The number of nitrogens with zero attached hydrogens (tertiary/aromatic N) is 2. The molecule has 0 radical (unpaired) electrons. The summed E-state index contributed by atoms with van der Waals surface area (Å²) in [7, 11) is 0. The first-order valence-corrected chi connectivity index (χ1v) is 8.60. The number of thiazole rings is 1. The Morgan fingerprint density at radius 2 is 1.72 bits per heavy atom. The average Bonchev–Trinajstić information content (AvgIpc) is 2.93. The molecule has 0 aliphatic carbocycles. The smallest absolute Gasteiger partial charge is 0.142 e. The van der Waals surface area contributed by atoms with Crippen molar-refractivity contribution in [1.29, 1.82) is 0 Å². The molecule has 2 aromatic heterocycles. The molecule has 0 bridgehead atoms. The highest BCUT2D eigenvalue weighted by atomic mass is 32.1. The van der Waals surface area contributed by atoms with Gasteiger partial charge in [-0.1, -0.05) is 23.8 Å². The van der Waals surface area contributed by atoms with E-state index in [0.29, 0.717) is 6.42 Å². The van der Waals surface area contributed by atoms with Gasteiger partial charge in [-0.3, -0.25) is 4.98 Å². The molecule has 0 atom stereocenters. The van der Waals surface area contributed by atoms with E-state index in [4.69, 9.17) is 5.11 Å². The van der Waals surface area contributed by atoms with Crippen LogP contribution in [-0.4, -0.2) is 32.6 Å². The molecule has 3 aromatic rings. The van der Waals surface area contributed by atoms with Gasteiger partial charge in [0.25, 0.3) is 0 Å². The third kappa shape index (κ3) is 7.33. The fraction of sp³-hybridized carbons (Fsp3) is 0.222. The molecule has 0 saturated carbocycles. The molecule has 0 spiro atoms. The van der Waals surface area contributed by atoms with E-state index < -0.39 is 0 Å². The first-order chi connectivity index (χ1) is 11.1. The van der Waals surface area contributed by atoms with Crippen LogP contribution in [0.15, 0.2) is 53.6 Å². The molecule has 25 heavy (non-hydrogen) atoms. The Hall–Kier alpha value is -1.77. The molecule has 0 unspecified atom stereocenters. The van der Waals surface area contributed by atoms with Crippen LogP contribution in [0, 0.1) is 13.8 Å². The molecule has 0 aliphatic heterocycles. The van der Waals surface area contributed by atoms with Gasteiger partial charge in [-0.2, -0.15) is 0 Å². The maximum absolute atomic E-state index is 8.87. The lowest BCUT2D eigenvalue weighted by atomic mass is 10.2. The van der Waals surface area contributed by atoms with Crippen molar-refractivity contribution in [3.63, 3.8) is 0 Å². The molecule has 5 N–H and O–H groups in total. The summed E-state index contributed by atoms with van der Waals surface area (Å²) in [4.78, 5) is 10.9. The van der Waals surface area contributed by atoms with E-state index in [1.54, 1.807) is 17.5 Å². The maximum atomic E-state index is 8.87. The molecule has 0 aliphatic rings. The van der Waals surface area contributed by atoms with Crippen molar-refractivity contribution in [1.82, 2.24) is 9.97 Å². The van der Waals surface area contributed by atoms with Crippen LogP contribution in [-0.2, 0) is 6.42 Å². The molecule has 0 saturated heterocycles. The van der Waals surface area contributed by atoms with E-state index in [-0.39, 0.29) is 17.6 Å². The van der Waals surface area contributed by atoms with E-state index >= 15 is 0 Å². The normalized spacial score (nSPS) is 9.28. The number of rotatable bonds is 3. The van der Waals surface area contributed by atoms with Crippen molar-refractivity contribution in [2.75, 3.05) is 6.61 Å². The van der Waals surface area contributed by atoms with Crippen molar-refractivity contribution < 1.29 is 16.1 Å². The van der Waals surface area contributed by atoms with Crippen LogP contribution in [0.2, 0.25) is 0 Å². The molecule has 3 rings (SSSR count). The molecule has 2 heterocycles. The van der Waals surface area contributed by atoms with E-state index in [1.807, 2.05) is 49.4 Å². The van der Waals surface area contributed by atoms with E-state index in [1.165, 1.54) is 5.56 Å². The van der Waals surface area contributed by atoms with Crippen LogP contribution in [0.1, 0.15) is 16.1 Å². The summed E-state index contributed by atoms with van der Waals surface area (Å²) in [5, 5.41) is 9.80. The Kier molecular flexibility index (Phi) is 10.9. The van der Waals surface area contributed by atoms with Crippen LogP contribution in [0.25, 0.3) is 10.7 Å². The molecular weight excluding hydrogens is 356 g/mol. The van der Waals surface area contributed by atoms with Crippen molar-refractivity contribution in [2.24, 2.45) is 0 Å². The van der Waals surface area contributed by atoms with E-state index in [9.17, 15) is 0 Å². The highest BCUT2D eigenvalue weighted by Crippen LogP contribution is 2.25. The second-order valence-corrected chi connectivity index (χ2v) is 6.77. The summed E-state index contributed by atoms with van der Waals surface area (Å²) >= 11 is 5.75. The predicted molar refractivity (Wildman–Crippen MR) is 107 cm³/mol. The number of hydrogen-bond acceptors (Lipinski definition) is 5. The zero-order chi connectivity index (χ0) is 16.7. The molecule has 1 aromatic carbocycles. The first-order valence-electron chi connectivity index (χ1n) is 7.34. The zero-order valence-corrected chi connectivity index (χ0v) is 15.9. The van der Waals surface area contributed by atoms with Crippen molar-refractivity contribution in [2.45, 2.75) is 25.2 Å². The number of aliphatic hydroxyl groups excluding tert-OH is 1. The van der Waals surface area contributed by atoms with Gasteiger partial charge in [0.15, 0.2) is 0 Å². The number of pyridine rings is 1. The van der Waals surface area contributed by atoms with Gasteiger partial charge in [0.1, 0.15) is 5.01 Å². The zero-order valence-electron chi connectivity index (χ0n) is 14.2. The summed E-state index contributed by atoms with van der Waals surface area (Å²) < 4.78 is 0. The molecule has 7 heteroatoms. The fourth-order valence-electron chi connectivity index (χ4n) is 1.91. The Balaban J connectivity index is 0.000000497. The van der Waals surface area contributed by atoms with E-state index in [2.05, 4.69) is 29.5 Å². The van der Waals surface area contributed by atoms with Crippen LogP contribution >= 0.6 is 24.0 Å². The molecule has 136 valence electrons. The lowest BCUT2D eigenvalue weighted by Gasteiger charge is -1.93. The largest absolute Gasteiger partial charge is 0.412 e. The van der Waals surface area contributed by atoms with E-state index in [0.717, 1.165) is 26.2 Å². The lowest BCUT2D eigenvalue weighted by molar-refractivity contribution is 0.298. The summed E-state index contributed by atoms with van der Waals surface area (Å²) in [6.07, 6.45) is 2.38. The van der Waals surface area contributed by atoms with Crippen LogP contribution in [0.5, 0.6) is 0 Å². The number of hydrogen-bond donors (Lipinski definition) is 2. The SMILES string of the molecule is Cc1ccc(S)cc1.Cc1sc(-c2ccccn2)nc1CCO.O.O. The molecular formula is C18H24N2O3S2. The number of benzene rings is 1. The Labute approximate surface area is 157 Å². The van der Waals surface area contributed by atoms with Gasteiger partial charge in [0, 0.05) is 29.0 Å². The average molecular weight is 381 g/mol. The van der Waals surface area contributed by atoms with Gasteiger partial charge < -0.3 is 16.1 Å². The van der Waals surface area contributed by atoms with Gasteiger partial charge in [-0.25, -0.2) is 4.98 Å². The minimum Gasteiger partial charge on any atom is -0.412 e. The lowest BCUT2D eigenvalue weighted by Crippen LogP contribution is -1.92. The monoisotopic (exact) mass is 380 g/mol. The third-order valence-electron chi connectivity index (χ3n) is 3.16. The first kappa shape index (κ1) is 23.2. The number of aromatic nitrogens is 2. The highest BCUT2D eigenvalue weighted by Gasteiger charge is 2.09. The van der Waals surface area contributed by atoms with Crippen molar-refractivity contribution >= 4 is 24.0 Å². The Morgan fingerprint density at radius 3 is 2.24 bits per heavy atom. The fourth-order valence-corrected chi connectivity index (χ4v) is 3.00. The maximum Gasteiger partial charge on any atom is 0.142 e. The van der Waals surface area contributed by atoms with Gasteiger partial charge >= 0.3 is 0 Å². The number of aryl methyl sites for hydroxylation is 2. The van der Waals surface area contributed by atoms with Gasteiger partial charge in [0.2, 0.25) is 0 Å². The molecule has 0 amide bonds. The van der Waals surface area contributed by atoms with Crippen LogP contribution in [0.4, 0.5) is 0 Å². The van der Waals surface area contributed by atoms with Gasteiger partial charge in [-0.05, 0) is 38.1 Å².